The Kier molecular flexibility index (Phi) is 7.79. The number of halogens is 2. The minimum Gasteiger partial charge on any atom is -0.479 e. The lowest BCUT2D eigenvalue weighted by atomic mass is 9.72. The van der Waals surface area contributed by atoms with Crippen LogP contribution in [0.15, 0.2) is 18.2 Å². The predicted molar refractivity (Wildman–Crippen MR) is 130 cm³/mol. The lowest BCUT2D eigenvalue weighted by molar-refractivity contribution is -0.122. The van der Waals surface area contributed by atoms with E-state index in [4.69, 9.17) is 32.7 Å². The molecule has 1 amide bonds. The number of nitrogens with one attached hydrogen (secondary N) is 1. The zero-order chi connectivity index (χ0) is 23.6. The zero-order valence-electron chi connectivity index (χ0n) is 19.0. The lowest BCUT2D eigenvalue weighted by Crippen LogP contribution is -2.30. The van der Waals surface area contributed by atoms with Gasteiger partial charge in [-0.2, -0.15) is 0 Å². The highest BCUT2D eigenvalue weighted by atomic mass is 35.5. The summed E-state index contributed by atoms with van der Waals surface area (Å²) in [5, 5.41) is 4.22. The molecule has 32 heavy (non-hydrogen) atoms. The fourth-order valence-corrected chi connectivity index (χ4v) is 5.63. The van der Waals surface area contributed by atoms with Crippen molar-refractivity contribution >= 4 is 51.4 Å². The third-order valence-electron chi connectivity index (χ3n) is 5.77. The van der Waals surface area contributed by atoms with Crippen LogP contribution in [0, 0.1) is 11.3 Å². The van der Waals surface area contributed by atoms with Gasteiger partial charge in [0.15, 0.2) is 6.10 Å². The van der Waals surface area contributed by atoms with Crippen LogP contribution in [0.2, 0.25) is 10.0 Å². The third-order valence-corrected chi connectivity index (χ3v) is 7.47. The van der Waals surface area contributed by atoms with Crippen molar-refractivity contribution in [2.75, 3.05) is 11.9 Å². The number of hydrogen-bond donors (Lipinski definition) is 1. The fourth-order valence-electron chi connectivity index (χ4n) is 3.86. The van der Waals surface area contributed by atoms with Crippen molar-refractivity contribution in [3.63, 3.8) is 0 Å². The molecule has 0 unspecified atom stereocenters. The number of rotatable bonds is 6. The van der Waals surface area contributed by atoms with E-state index in [-0.39, 0.29) is 17.9 Å². The van der Waals surface area contributed by atoms with Gasteiger partial charge < -0.3 is 14.8 Å². The highest BCUT2D eigenvalue weighted by Crippen LogP contribution is 2.44. The van der Waals surface area contributed by atoms with Gasteiger partial charge in [0.05, 0.1) is 17.2 Å². The summed E-state index contributed by atoms with van der Waals surface area (Å²) in [6, 6.07) is 4.82. The van der Waals surface area contributed by atoms with Crippen molar-refractivity contribution in [3.8, 4) is 5.75 Å². The molecule has 5 nitrogen and oxygen atoms in total. The Hall–Kier alpha value is -1.76. The fraction of sp³-hybridized carbons (Fsp3) is 0.500. The maximum Gasteiger partial charge on any atom is 0.341 e. The number of fused-ring (bicyclic) bond motifs is 1. The van der Waals surface area contributed by atoms with Gasteiger partial charge in [-0.05, 0) is 68.2 Å². The monoisotopic (exact) mass is 497 g/mol. The molecular formula is C24H29Cl2NO4S. The normalized spacial score (nSPS) is 16.8. The van der Waals surface area contributed by atoms with Crippen molar-refractivity contribution in [1.82, 2.24) is 0 Å². The second-order valence-corrected chi connectivity index (χ2v) is 11.0. The van der Waals surface area contributed by atoms with Crippen molar-refractivity contribution in [3.05, 3.63) is 44.2 Å². The standard InChI is InChI=1S/C24H29Cl2NO4S/c1-6-30-23(29)20-16-9-7-14(24(3,4)5)11-19(16)32-22(20)27-21(28)13(2)31-18-10-8-15(25)12-17(18)26/h8,10,12-14H,6-7,9,11H2,1-5H3,(H,27,28)/t13-,14-/m1/s1. The maximum absolute atomic E-state index is 12.9. The molecule has 1 aliphatic rings. The first-order valence-corrected chi connectivity index (χ1v) is 12.3. The van der Waals surface area contributed by atoms with Crippen LogP contribution >= 0.6 is 34.5 Å². The summed E-state index contributed by atoms with van der Waals surface area (Å²) < 4.78 is 11.0. The molecular weight excluding hydrogens is 469 g/mol. The number of ether oxygens (including phenoxy) is 2. The molecule has 1 N–H and O–H groups in total. The maximum atomic E-state index is 12.9. The number of thiophene rings is 1. The van der Waals surface area contributed by atoms with Crippen LogP contribution in [0.25, 0.3) is 0 Å². The van der Waals surface area contributed by atoms with E-state index in [1.165, 1.54) is 11.3 Å². The molecule has 2 atom stereocenters. The largest absolute Gasteiger partial charge is 0.479 e. The molecule has 1 heterocycles. The van der Waals surface area contributed by atoms with Gasteiger partial charge in [-0.15, -0.1) is 11.3 Å². The molecule has 0 fully saturated rings. The SMILES string of the molecule is CCOC(=O)c1c(NC(=O)[C@@H](C)Oc2ccc(Cl)cc2Cl)sc2c1CC[C@@H](C(C)(C)C)C2. The van der Waals surface area contributed by atoms with Crippen LogP contribution in [0.3, 0.4) is 0 Å². The average molecular weight is 498 g/mol. The summed E-state index contributed by atoms with van der Waals surface area (Å²) in [4.78, 5) is 26.8. The molecule has 8 heteroatoms. The number of anilines is 1. The molecule has 0 saturated carbocycles. The number of carbonyl (C=O) groups excluding carboxylic acids is 2. The molecule has 0 bridgehead atoms. The molecule has 1 aromatic carbocycles. The molecule has 1 aliphatic carbocycles. The Morgan fingerprint density at radius 2 is 2.00 bits per heavy atom. The van der Waals surface area contributed by atoms with Crippen molar-refractivity contribution < 1.29 is 19.1 Å². The number of esters is 1. The van der Waals surface area contributed by atoms with Crippen LogP contribution in [0.1, 0.15) is 61.8 Å². The quantitative estimate of drug-likeness (QED) is 0.446. The number of amides is 1. The number of hydrogen-bond acceptors (Lipinski definition) is 5. The van der Waals surface area contributed by atoms with Gasteiger partial charge in [0.2, 0.25) is 0 Å². The molecule has 0 radical (unpaired) electrons. The summed E-state index contributed by atoms with van der Waals surface area (Å²) in [6.45, 7) is 10.4. The molecule has 3 rings (SSSR count). The number of carbonyl (C=O) groups is 2. The minimum absolute atomic E-state index is 0.176. The average Bonchev–Trinajstić information content (AvgIpc) is 3.06. The van der Waals surface area contributed by atoms with E-state index in [1.807, 2.05) is 0 Å². The highest BCUT2D eigenvalue weighted by Gasteiger charge is 2.35. The smallest absolute Gasteiger partial charge is 0.341 e. The van der Waals surface area contributed by atoms with E-state index >= 15 is 0 Å². The van der Waals surface area contributed by atoms with Gasteiger partial charge in [0, 0.05) is 9.90 Å². The Bertz CT molecular complexity index is 1010. The van der Waals surface area contributed by atoms with E-state index in [1.54, 1.807) is 32.0 Å². The Labute approximate surface area is 203 Å². The third kappa shape index (κ3) is 5.59. The summed E-state index contributed by atoms with van der Waals surface area (Å²) in [5.41, 5.74) is 1.65. The van der Waals surface area contributed by atoms with E-state index in [0.717, 1.165) is 29.7 Å². The van der Waals surface area contributed by atoms with Crippen molar-refractivity contribution in [2.45, 2.75) is 60.0 Å². The molecule has 1 aromatic heterocycles. The first-order chi connectivity index (χ1) is 15.0. The van der Waals surface area contributed by atoms with Gasteiger partial charge in [0.25, 0.3) is 5.91 Å². The predicted octanol–water partition coefficient (Wildman–Crippen LogP) is 6.79. The Balaban J connectivity index is 1.84. The van der Waals surface area contributed by atoms with E-state index in [2.05, 4.69) is 26.1 Å². The van der Waals surface area contributed by atoms with E-state index < -0.39 is 12.1 Å². The topological polar surface area (TPSA) is 64.6 Å². The van der Waals surface area contributed by atoms with Crippen LogP contribution in [-0.4, -0.2) is 24.6 Å². The zero-order valence-corrected chi connectivity index (χ0v) is 21.3. The van der Waals surface area contributed by atoms with Crippen LogP contribution in [0.4, 0.5) is 5.00 Å². The summed E-state index contributed by atoms with van der Waals surface area (Å²) in [5.74, 6) is 0.112. The van der Waals surface area contributed by atoms with Crippen LogP contribution in [0.5, 0.6) is 5.75 Å². The highest BCUT2D eigenvalue weighted by molar-refractivity contribution is 7.17. The summed E-state index contributed by atoms with van der Waals surface area (Å²) in [7, 11) is 0. The van der Waals surface area contributed by atoms with Crippen molar-refractivity contribution in [1.29, 1.82) is 0 Å². The van der Waals surface area contributed by atoms with E-state index in [9.17, 15) is 9.59 Å². The van der Waals surface area contributed by atoms with Crippen molar-refractivity contribution in [2.24, 2.45) is 11.3 Å². The van der Waals surface area contributed by atoms with E-state index in [0.29, 0.717) is 32.3 Å². The second-order valence-electron chi connectivity index (χ2n) is 9.06. The first-order valence-electron chi connectivity index (χ1n) is 10.8. The van der Waals surface area contributed by atoms with Crippen LogP contribution < -0.4 is 10.1 Å². The first kappa shape index (κ1) is 24.9. The molecule has 0 aliphatic heterocycles. The van der Waals surface area contributed by atoms with Gasteiger partial charge in [-0.25, -0.2) is 4.79 Å². The minimum atomic E-state index is -0.829. The van der Waals surface area contributed by atoms with Gasteiger partial charge >= 0.3 is 5.97 Å². The molecule has 174 valence electrons. The van der Waals surface area contributed by atoms with Gasteiger partial charge in [-0.1, -0.05) is 44.0 Å². The van der Waals surface area contributed by atoms with Gasteiger partial charge in [0.1, 0.15) is 10.8 Å². The number of benzene rings is 1. The lowest BCUT2D eigenvalue weighted by Gasteiger charge is -2.33. The van der Waals surface area contributed by atoms with Gasteiger partial charge in [-0.3, -0.25) is 4.79 Å². The summed E-state index contributed by atoms with van der Waals surface area (Å²) >= 11 is 13.5. The van der Waals surface area contributed by atoms with Crippen LogP contribution in [-0.2, 0) is 22.4 Å². The molecule has 0 spiro atoms. The molecule has 2 aromatic rings. The molecule has 0 saturated heterocycles. The Morgan fingerprint density at radius 1 is 1.28 bits per heavy atom. The summed E-state index contributed by atoms with van der Waals surface area (Å²) in [6.07, 6.45) is 1.86. The second kappa shape index (κ2) is 10.0. The Morgan fingerprint density at radius 3 is 2.62 bits per heavy atom.